The summed E-state index contributed by atoms with van der Waals surface area (Å²) in [5, 5.41) is 8.96. The number of unbranched alkanes of at least 4 members (excludes halogenated alkanes) is 2. The molecule has 110 valence electrons. The highest BCUT2D eigenvalue weighted by Crippen LogP contribution is 2.20. The maximum Gasteiger partial charge on any atom is 0.244 e. The fraction of sp³-hybridized carbons (Fsp3) is 0.692. The summed E-state index contributed by atoms with van der Waals surface area (Å²) < 4.78 is 32.1. The molecule has 0 aliphatic carbocycles. The monoisotopic (exact) mass is 289 g/mol. The molecular formula is C13H23NO4S. The first-order valence-electron chi connectivity index (χ1n) is 6.63. The van der Waals surface area contributed by atoms with Crippen LogP contribution in [0.1, 0.15) is 51.1 Å². The van der Waals surface area contributed by atoms with Gasteiger partial charge in [0.05, 0.1) is 0 Å². The lowest BCUT2D eigenvalue weighted by Crippen LogP contribution is -2.32. The molecule has 1 aromatic heterocycles. The normalized spacial score (nSPS) is 13.7. The number of nitrogens with one attached hydrogen (secondary N) is 1. The third-order valence-electron chi connectivity index (χ3n) is 2.97. The highest BCUT2D eigenvalue weighted by atomic mass is 32.2. The number of aliphatic hydroxyl groups excluding tert-OH is 1. The second-order valence-corrected chi connectivity index (χ2v) is 6.49. The van der Waals surface area contributed by atoms with Gasteiger partial charge in [-0.15, -0.1) is 0 Å². The van der Waals surface area contributed by atoms with Gasteiger partial charge in [-0.2, -0.15) is 0 Å². The van der Waals surface area contributed by atoms with Crippen LogP contribution < -0.4 is 4.72 Å². The lowest BCUT2D eigenvalue weighted by molar-refractivity contribution is 0.244. The lowest BCUT2D eigenvalue weighted by Gasteiger charge is -2.13. The predicted octanol–water partition coefficient (Wildman–Crippen LogP) is 2.33. The molecule has 1 heterocycles. The van der Waals surface area contributed by atoms with Crippen LogP contribution in [0, 0.1) is 6.92 Å². The zero-order valence-electron chi connectivity index (χ0n) is 11.8. The molecule has 0 amide bonds. The number of hydrogen-bond donors (Lipinski definition) is 2. The molecule has 0 radical (unpaired) electrons. The molecule has 0 saturated heterocycles. The van der Waals surface area contributed by atoms with E-state index < -0.39 is 10.0 Å². The van der Waals surface area contributed by atoms with E-state index in [2.05, 4.69) is 11.6 Å². The summed E-state index contributed by atoms with van der Waals surface area (Å²) in [4.78, 5) is 0.110. The molecular weight excluding hydrogens is 266 g/mol. The van der Waals surface area contributed by atoms with Gasteiger partial charge in [-0.1, -0.05) is 26.2 Å². The minimum Gasteiger partial charge on any atom is -0.462 e. The molecule has 0 spiro atoms. The van der Waals surface area contributed by atoms with E-state index in [1.165, 1.54) is 6.07 Å². The Labute approximate surface area is 115 Å². The molecule has 0 fully saturated rings. The molecule has 0 aliphatic heterocycles. The van der Waals surface area contributed by atoms with Crippen molar-refractivity contribution in [3.8, 4) is 0 Å². The van der Waals surface area contributed by atoms with Crippen molar-refractivity contribution in [3.05, 3.63) is 17.6 Å². The molecule has 5 nitrogen and oxygen atoms in total. The van der Waals surface area contributed by atoms with Crippen LogP contribution in [0.25, 0.3) is 0 Å². The Morgan fingerprint density at radius 1 is 1.42 bits per heavy atom. The van der Waals surface area contributed by atoms with Gasteiger partial charge in [0.1, 0.15) is 23.0 Å². The number of rotatable bonds is 8. The van der Waals surface area contributed by atoms with Crippen molar-refractivity contribution >= 4 is 10.0 Å². The Kier molecular flexibility index (Phi) is 6.03. The zero-order valence-corrected chi connectivity index (χ0v) is 12.6. The minimum atomic E-state index is -3.57. The van der Waals surface area contributed by atoms with E-state index in [1.807, 2.05) is 6.92 Å². The van der Waals surface area contributed by atoms with Crippen molar-refractivity contribution in [3.63, 3.8) is 0 Å². The van der Waals surface area contributed by atoms with Crippen LogP contribution in [0.15, 0.2) is 15.4 Å². The van der Waals surface area contributed by atoms with Gasteiger partial charge in [0.2, 0.25) is 10.0 Å². The number of aliphatic hydroxyl groups is 1. The Bertz CT molecular complexity index is 493. The van der Waals surface area contributed by atoms with Gasteiger partial charge in [-0.25, -0.2) is 13.1 Å². The van der Waals surface area contributed by atoms with Crippen molar-refractivity contribution in [1.82, 2.24) is 4.72 Å². The quantitative estimate of drug-likeness (QED) is 0.720. The van der Waals surface area contributed by atoms with E-state index in [1.54, 1.807) is 6.92 Å². The summed E-state index contributed by atoms with van der Waals surface area (Å²) in [5.74, 6) is 0.564. The average Bonchev–Trinajstić information content (AvgIpc) is 2.71. The first-order chi connectivity index (χ1) is 8.90. The van der Waals surface area contributed by atoms with E-state index >= 15 is 0 Å². The highest BCUT2D eigenvalue weighted by Gasteiger charge is 2.22. The largest absolute Gasteiger partial charge is 0.462 e. The summed E-state index contributed by atoms with van der Waals surface area (Å²) in [6.45, 7) is 5.24. The third-order valence-corrected chi connectivity index (χ3v) is 4.66. The average molecular weight is 289 g/mol. The Balaban J connectivity index is 2.72. The van der Waals surface area contributed by atoms with E-state index in [0.717, 1.165) is 25.7 Å². The van der Waals surface area contributed by atoms with Gasteiger partial charge in [-0.05, 0) is 20.3 Å². The molecule has 0 bridgehead atoms. The molecule has 19 heavy (non-hydrogen) atoms. The predicted molar refractivity (Wildman–Crippen MR) is 73.3 cm³/mol. The molecule has 1 rings (SSSR count). The van der Waals surface area contributed by atoms with E-state index in [0.29, 0.717) is 5.76 Å². The fourth-order valence-electron chi connectivity index (χ4n) is 1.96. The molecule has 0 aliphatic rings. The van der Waals surface area contributed by atoms with Gasteiger partial charge in [0.25, 0.3) is 0 Å². The van der Waals surface area contributed by atoms with Crippen LogP contribution in [0.2, 0.25) is 0 Å². The van der Waals surface area contributed by atoms with Crippen molar-refractivity contribution in [2.24, 2.45) is 0 Å². The van der Waals surface area contributed by atoms with Crippen molar-refractivity contribution < 1.29 is 17.9 Å². The van der Waals surface area contributed by atoms with Gasteiger partial charge >= 0.3 is 0 Å². The van der Waals surface area contributed by atoms with E-state index in [9.17, 15) is 8.42 Å². The zero-order chi connectivity index (χ0) is 14.5. The number of aryl methyl sites for hydroxylation is 1. The minimum absolute atomic E-state index is 0.108. The summed E-state index contributed by atoms with van der Waals surface area (Å²) in [6.07, 6.45) is 4.04. The molecule has 1 atom stereocenters. The Hall–Kier alpha value is -0.850. The highest BCUT2D eigenvalue weighted by molar-refractivity contribution is 7.89. The lowest BCUT2D eigenvalue weighted by atomic mass is 10.1. The second kappa shape index (κ2) is 7.07. The van der Waals surface area contributed by atoms with Crippen molar-refractivity contribution in [1.29, 1.82) is 0 Å². The maximum absolute atomic E-state index is 12.2. The second-order valence-electron chi connectivity index (χ2n) is 4.81. The van der Waals surface area contributed by atoms with Crippen molar-refractivity contribution in [2.45, 2.75) is 64.0 Å². The third kappa shape index (κ3) is 4.63. The number of sulfonamides is 1. The summed E-state index contributed by atoms with van der Waals surface area (Å²) in [5.41, 5.74) is 0. The molecule has 1 aromatic rings. The van der Waals surface area contributed by atoms with Gasteiger partial charge in [0, 0.05) is 12.1 Å². The van der Waals surface area contributed by atoms with Crippen LogP contribution in [-0.2, 0) is 16.6 Å². The molecule has 1 unspecified atom stereocenters. The van der Waals surface area contributed by atoms with Crippen LogP contribution in [0.4, 0.5) is 0 Å². The SMILES string of the molecule is CCCCCC(C)NS(=O)(=O)c1cc(CO)oc1C. The van der Waals surface area contributed by atoms with E-state index in [4.69, 9.17) is 9.52 Å². The van der Waals surface area contributed by atoms with Gasteiger partial charge in [-0.3, -0.25) is 0 Å². The summed E-state index contributed by atoms with van der Waals surface area (Å²) in [6, 6.07) is 1.26. The molecule has 0 saturated carbocycles. The van der Waals surface area contributed by atoms with Crippen LogP contribution in [-0.4, -0.2) is 19.6 Å². The Morgan fingerprint density at radius 2 is 2.11 bits per heavy atom. The number of hydrogen-bond acceptors (Lipinski definition) is 4. The first kappa shape index (κ1) is 16.2. The first-order valence-corrected chi connectivity index (χ1v) is 8.11. The van der Waals surface area contributed by atoms with E-state index in [-0.39, 0.29) is 23.3 Å². The summed E-state index contributed by atoms with van der Waals surface area (Å²) >= 11 is 0. The summed E-state index contributed by atoms with van der Waals surface area (Å²) in [7, 11) is -3.57. The van der Waals surface area contributed by atoms with Crippen LogP contribution in [0.3, 0.4) is 0 Å². The smallest absolute Gasteiger partial charge is 0.244 e. The maximum atomic E-state index is 12.2. The van der Waals surface area contributed by atoms with Gasteiger partial charge < -0.3 is 9.52 Å². The Morgan fingerprint density at radius 3 is 2.63 bits per heavy atom. The van der Waals surface area contributed by atoms with Crippen LogP contribution >= 0.6 is 0 Å². The van der Waals surface area contributed by atoms with Crippen LogP contribution in [0.5, 0.6) is 0 Å². The fourth-order valence-corrected chi connectivity index (χ4v) is 3.44. The standard InChI is InChI=1S/C13H23NO4S/c1-4-5-6-7-10(2)14-19(16,17)13-8-12(9-15)18-11(13)3/h8,10,14-15H,4-7,9H2,1-3H3. The topological polar surface area (TPSA) is 79.5 Å². The number of furan rings is 1. The van der Waals surface area contributed by atoms with Gasteiger partial charge in [0.15, 0.2) is 0 Å². The molecule has 6 heteroatoms. The molecule has 2 N–H and O–H groups in total. The van der Waals surface area contributed by atoms with Crippen molar-refractivity contribution in [2.75, 3.05) is 0 Å². The molecule has 0 aromatic carbocycles.